The number of rotatable bonds is 7. The topological polar surface area (TPSA) is 86.8 Å². The molecule has 148 valence electrons. The zero-order chi connectivity index (χ0) is 20.8. The number of ketones is 1. The molecule has 0 bridgehead atoms. The van der Waals surface area contributed by atoms with Gasteiger partial charge in [-0.15, -0.1) is 0 Å². The molecule has 1 N–H and O–H groups in total. The number of hydrogen-bond donors (Lipinski definition) is 1. The Morgan fingerprint density at radius 2 is 1.55 bits per heavy atom. The first kappa shape index (κ1) is 19.9. The summed E-state index contributed by atoms with van der Waals surface area (Å²) in [6, 6.07) is 13.2. The molecule has 0 atom stereocenters. The normalized spacial score (nSPS) is 10.2. The second-order valence-electron chi connectivity index (χ2n) is 5.98. The maximum absolute atomic E-state index is 12.8. The van der Waals surface area contributed by atoms with E-state index in [0.717, 1.165) is 0 Å². The molecule has 7 nitrogen and oxygen atoms in total. The Morgan fingerprint density at radius 1 is 0.828 bits per heavy atom. The third-order valence-electron chi connectivity index (χ3n) is 4.27. The molecule has 0 radical (unpaired) electrons. The lowest BCUT2D eigenvalue weighted by molar-refractivity contribution is 0.101. The molecule has 3 rings (SSSR count). The molecule has 0 saturated carbocycles. The van der Waals surface area contributed by atoms with E-state index in [9.17, 15) is 9.59 Å². The summed E-state index contributed by atoms with van der Waals surface area (Å²) < 4.78 is 15.9. The van der Waals surface area contributed by atoms with Gasteiger partial charge in [0.1, 0.15) is 0 Å². The average molecular weight is 392 g/mol. The van der Waals surface area contributed by atoms with Crippen LogP contribution in [-0.4, -0.2) is 38.0 Å². The van der Waals surface area contributed by atoms with Crippen molar-refractivity contribution < 1.29 is 23.8 Å². The maximum atomic E-state index is 12.8. The molecule has 7 heteroatoms. The molecule has 0 fully saturated rings. The maximum Gasteiger partial charge on any atom is 0.259 e. The molecule has 1 heterocycles. The summed E-state index contributed by atoms with van der Waals surface area (Å²) >= 11 is 0. The third kappa shape index (κ3) is 4.19. The van der Waals surface area contributed by atoms with Crippen molar-refractivity contribution in [3.63, 3.8) is 0 Å². The van der Waals surface area contributed by atoms with Gasteiger partial charge in [0.2, 0.25) is 5.75 Å². The zero-order valence-electron chi connectivity index (χ0n) is 16.3. The first-order valence-corrected chi connectivity index (χ1v) is 8.74. The molecule has 1 aromatic heterocycles. The number of benzene rings is 2. The second kappa shape index (κ2) is 8.88. The largest absolute Gasteiger partial charge is 0.493 e. The minimum absolute atomic E-state index is 0.160. The van der Waals surface area contributed by atoms with Gasteiger partial charge in [0, 0.05) is 29.2 Å². The van der Waals surface area contributed by atoms with Gasteiger partial charge in [-0.3, -0.25) is 14.6 Å². The third-order valence-corrected chi connectivity index (χ3v) is 4.27. The number of methoxy groups -OCH3 is 3. The number of hydrogen-bond acceptors (Lipinski definition) is 6. The minimum atomic E-state index is -0.406. The quantitative estimate of drug-likeness (QED) is 0.619. The Bertz CT molecular complexity index is 1030. The summed E-state index contributed by atoms with van der Waals surface area (Å²) in [5.41, 5.74) is 1.72. The fourth-order valence-corrected chi connectivity index (χ4v) is 2.89. The van der Waals surface area contributed by atoms with E-state index >= 15 is 0 Å². The lowest BCUT2D eigenvalue weighted by atomic mass is 10.0. The van der Waals surface area contributed by atoms with Gasteiger partial charge in [0.05, 0.1) is 26.9 Å². The van der Waals surface area contributed by atoms with E-state index in [4.69, 9.17) is 14.2 Å². The van der Waals surface area contributed by atoms with Gasteiger partial charge in [-0.05, 0) is 36.4 Å². The highest BCUT2D eigenvalue weighted by Gasteiger charge is 2.21. The molecule has 0 unspecified atom stereocenters. The smallest absolute Gasteiger partial charge is 0.259 e. The highest BCUT2D eigenvalue weighted by Crippen LogP contribution is 2.39. The molecule has 29 heavy (non-hydrogen) atoms. The van der Waals surface area contributed by atoms with Crippen LogP contribution in [0.4, 0.5) is 5.69 Å². The highest BCUT2D eigenvalue weighted by molar-refractivity contribution is 6.11. The molecular formula is C22H20N2O5. The SMILES string of the molecule is COc1ccc(C(=O)Nc2cccc(C(=O)c3ccncc3)c2)c(OC)c1OC. The summed E-state index contributed by atoms with van der Waals surface area (Å²) in [7, 11) is 4.42. The minimum Gasteiger partial charge on any atom is -0.493 e. The number of ether oxygens (including phenoxy) is 3. The highest BCUT2D eigenvalue weighted by atomic mass is 16.5. The van der Waals surface area contributed by atoms with Crippen LogP contribution in [0.3, 0.4) is 0 Å². The molecule has 1 amide bonds. The van der Waals surface area contributed by atoms with Crippen LogP contribution in [0.15, 0.2) is 60.9 Å². The van der Waals surface area contributed by atoms with Crippen LogP contribution in [0.1, 0.15) is 26.3 Å². The standard InChI is InChI=1S/C22H20N2O5/c1-27-18-8-7-17(20(28-2)21(18)29-3)22(26)24-16-6-4-5-15(13-16)19(25)14-9-11-23-12-10-14/h4-13H,1-3H3,(H,24,26). The predicted molar refractivity (Wildman–Crippen MR) is 108 cm³/mol. The molecule has 0 aliphatic heterocycles. The lowest BCUT2D eigenvalue weighted by Gasteiger charge is -2.15. The van der Waals surface area contributed by atoms with Crippen molar-refractivity contribution >= 4 is 17.4 Å². The number of anilines is 1. The number of aromatic nitrogens is 1. The summed E-state index contributed by atoms with van der Waals surface area (Å²) in [5, 5.41) is 2.79. The van der Waals surface area contributed by atoms with Crippen LogP contribution >= 0.6 is 0 Å². The van der Waals surface area contributed by atoms with Crippen LogP contribution in [0, 0.1) is 0 Å². The van der Waals surface area contributed by atoms with Crippen molar-refractivity contribution in [3.8, 4) is 17.2 Å². The van der Waals surface area contributed by atoms with Crippen molar-refractivity contribution in [1.29, 1.82) is 0 Å². The summed E-state index contributed by atoms with van der Waals surface area (Å²) in [5.74, 6) is 0.465. The van der Waals surface area contributed by atoms with E-state index in [1.54, 1.807) is 60.9 Å². The fourth-order valence-electron chi connectivity index (χ4n) is 2.89. The first-order chi connectivity index (χ1) is 14.1. The molecule has 0 saturated heterocycles. The van der Waals surface area contributed by atoms with E-state index in [1.165, 1.54) is 21.3 Å². The van der Waals surface area contributed by atoms with Crippen LogP contribution in [0.25, 0.3) is 0 Å². The van der Waals surface area contributed by atoms with Crippen LogP contribution in [0.5, 0.6) is 17.2 Å². The molecule has 2 aromatic carbocycles. The van der Waals surface area contributed by atoms with Gasteiger partial charge in [0.25, 0.3) is 5.91 Å². The van der Waals surface area contributed by atoms with E-state index < -0.39 is 5.91 Å². The Hall–Kier alpha value is -3.87. The fraction of sp³-hybridized carbons (Fsp3) is 0.136. The number of pyridine rings is 1. The van der Waals surface area contributed by atoms with Crippen molar-refractivity contribution in [2.24, 2.45) is 0 Å². The van der Waals surface area contributed by atoms with Gasteiger partial charge in [-0.25, -0.2) is 0 Å². The molecule has 3 aromatic rings. The van der Waals surface area contributed by atoms with E-state index in [-0.39, 0.29) is 17.1 Å². The van der Waals surface area contributed by atoms with E-state index in [0.29, 0.717) is 28.3 Å². The molecular weight excluding hydrogens is 372 g/mol. The summed E-state index contributed by atoms with van der Waals surface area (Å²) in [6.45, 7) is 0. The lowest BCUT2D eigenvalue weighted by Crippen LogP contribution is -2.14. The van der Waals surface area contributed by atoms with Gasteiger partial charge in [-0.1, -0.05) is 12.1 Å². The van der Waals surface area contributed by atoms with Crippen LogP contribution in [0.2, 0.25) is 0 Å². The van der Waals surface area contributed by atoms with E-state index in [1.807, 2.05) is 0 Å². The van der Waals surface area contributed by atoms with E-state index in [2.05, 4.69) is 10.3 Å². The van der Waals surface area contributed by atoms with Gasteiger partial charge in [-0.2, -0.15) is 0 Å². The Kier molecular flexibility index (Phi) is 6.09. The Balaban J connectivity index is 1.88. The number of carbonyl (C=O) groups excluding carboxylic acids is 2. The number of nitrogens with one attached hydrogen (secondary N) is 1. The van der Waals surface area contributed by atoms with Crippen molar-refractivity contribution in [3.05, 3.63) is 77.6 Å². The second-order valence-corrected chi connectivity index (χ2v) is 5.98. The predicted octanol–water partition coefficient (Wildman–Crippen LogP) is 3.59. The van der Waals surface area contributed by atoms with Crippen LogP contribution < -0.4 is 19.5 Å². The number of nitrogens with zero attached hydrogens (tertiary/aromatic N) is 1. The Morgan fingerprint density at radius 3 is 2.21 bits per heavy atom. The monoisotopic (exact) mass is 392 g/mol. The average Bonchev–Trinajstić information content (AvgIpc) is 2.78. The van der Waals surface area contributed by atoms with Crippen molar-refractivity contribution in [2.75, 3.05) is 26.6 Å². The van der Waals surface area contributed by atoms with Crippen molar-refractivity contribution in [2.45, 2.75) is 0 Å². The van der Waals surface area contributed by atoms with Crippen LogP contribution in [-0.2, 0) is 0 Å². The van der Waals surface area contributed by atoms with Crippen molar-refractivity contribution in [1.82, 2.24) is 4.98 Å². The number of carbonyl (C=O) groups is 2. The Labute approximate surface area is 168 Å². The zero-order valence-corrected chi connectivity index (χ0v) is 16.3. The summed E-state index contributed by atoms with van der Waals surface area (Å²) in [4.78, 5) is 29.4. The molecule has 0 aliphatic carbocycles. The molecule has 0 spiro atoms. The van der Waals surface area contributed by atoms with Gasteiger partial charge < -0.3 is 19.5 Å². The summed E-state index contributed by atoms with van der Waals surface area (Å²) in [6.07, 6.45) is 3.12. The van der Waals surface area contributed by atoms with Gasteiger partial charge in [0.15, 0.2) is 17.3 Å². The van der Waals surface area contributed by atoms with Gasteiger partial charge >= 0.3 is 0 Å². The molecule has 0 aliphatic rings. The first-order valence-electron chi connectivity index (χ1n) is 8.74. The number of amides is 1.